The second-order valence-electron chi connectivity index (χ2n) is 5.11. The van der Waals surface area contributed by atoms with Gasteiger partial charge in [-0.15, -0.1) is 0 Å². The first-order valence-corrected chi connectivity index (χ1v) is 8.40. The van der Waals surface area contributed by atoms with Crippen molar-refractivity contribution in [1.82, 2.24) is 0 Å². The fourth-order valence-electron chi connectivity index (χ4n) is 2.17. The molecule has 2 rings (SSSR count). The predicted molar refractivity (Wildman–Crippen MR) is 87.9 cm³/mol. The summed E-state index contributed by atoms with van der Waals surface area (Å²) in [6.07, 6.45) is 0.116. The SMILES string of the molecule is COc1ccc(C)cc1CC(=O)Nc1cccc(S(N)(=O)=O)c1. The molecule has 0 unspecified atom stereocenters. The van der Waals surface area contributed by atoms with Crippen molar-refractivity contribution in [2.45, 2.75) is 18.2 Å². The largest absolute Gasteiger partial charge is 0.496 e. The van der Waals surface area contributed by atoms with Crippen molar-refractivity contribution in [3.8, 4) is 5.75 Å². The van der Waals surface area contributed by atoms with Gasteiger partial charge in [-0.05, 0) is 31.2 Å². The first kappa shape index (κ1) is 17.0. The highest BCUT2D eigenvalue weighted by molar-refractivity contribution is 7.89. The Balaban J connectivity index is 2.16. The van der Waals surface area contributed by atoms with Gasteiger partial charge in [0.15, 0.2) is 0 Å². The summed E-state index contributed by atoms with van der Waals surface area (Å²) in [5.41, 5.74) is 2.14. The van der Waals surface area contributed by atoms with Crippen molar-refractivity contribution in [2.24, 2.45) is 5.14 Å². The van der Waals surface area contributed by atoms with E-state index in [1.807, 2.05) is 19.1 Å². The van der Waals surface area contributed by atoms with Crippen LogP contribution in [0.5, 0.6) is 5.75 Å². The Hall–Kier alpha value is -2.38. The molecule has 0 fully saturated rings. The highest BCUT2D eigenvalue weighted by atomic mass is 32.2. The fraction of sp³-hybridized carbons (Fsp3) is 0.188. The van der Waals surface area contributed by atoms with Crippen LogP contribution in [0.4, 0.5) is 5.69 Å². The molecule has 0 saturated heterocycles. The van der Waals surface area contributed by atoms with Crippen molar-refractivity contribution in [1.29, 1.82) is 0 Å². The molecule has 1 amide bonds. The molecule has 0 bridgehead atoms. The quantitative estimate of drug-likeness (QED) is 0.871. The number of amides is 1. The lowest BCUT2D eigenvalue weighted by atomic mass is 10.1. The monoisotopic (exact) mass is 334 g/mol. The molecule has 0 aliphatic heterocycles. The topological polar surface area (TPSA) is 98.5 Å². The van der Waals surface area contributed by atoms with Crippen molar-refractivity contribution in [3.05, 3.63) is 53.6 Å². The van der Waals surface area contributed by atoms with Gasteiger partial charge in [-0.3, -0.25) is 4.79 Å². The van der Waals surface area contributed by atoms with E-state index in [2.05, 4.69) is 5.32 Å². The zero-order valence-corrected chi connectivity index (χ0v) is 13.7. The van der Waals surface area contributed by atoms with E-state index in [0.29, 0.717) is 11.4 Å². The molecule has 0 aliphatic rings. The Morgan fingerprint density at radius 3 is 2.61 bits per heavy atom. The molecular weight excluding hydrogens is 316 g/mol. The Labute approximate surface area is 135 Å². The van der Waals surface area contributed by atoms with E-state index >= 15 is 0 Å². The van der Waals surface area contributed by atoms with Crippen LogP contribution in [0.1, 0.15) is 11.1 Å². The molecule has 6 nitrogen and oxygen atoms in total. The van der Waals surface area contributed by atoms with Crippen LogP contribution in [-0.2, 0) is 21.2 Å². The van der Waals surface area contributed by atoms with Gasteiger partial charge in [0.05, 0.1) is 18.4 Å². The standard InChI is InChI=1S/C16H18N2O4S/c1-11-6-7-15(22-2)12(8-11)9-16(19)18-13-4-3-5-14(10-13)23(17,20)21/h3-8,10H,9H2,1-2H3,(H,18,19)(H2,17,20,21). The van der Waals surface area contributed by atoms with E-state index in [1.54, 1.807) is 19.2 Å². The molecule has 0 saturated carbocycles. The molecule has 0 atom stereocenters. The lowest BCUT2D eigenvalue weighted by molar-refractivity contribution is -0.115. The van der Waals surface area contributed by atoms with Crippen LogP contribution >= 0.6 is 0 Å². The van der Waals surface area contributed by atoms with E-state index in [9.17, 15) is 13.2 Å². The number of benzene rings is 2. The minimum Gasteiger partial charge on any atom is -0.496 e. The summed E-state index contributed by atoms with van der Waals surface area (Å²) in [4.78, 5) is 12.1. The van der Waals surface area contributed by atoms with E-state index in [-0.39, 0.29) is 17.2 Å². The molecule has 2 aromatic carbocycles. The number of ether oxygens (including phenoxy) is 1. The Morgan fingerprint density at radius 1 is 1.22 bits per heavy atom. The second-order valence-corrected chi connectivity index (χ2v) is 6.67. The number of nitrogens with one attached hydrogen (secondary N) is 1. The zero-order chi connectivity index (χ0) is 17.0. The number of methoxy groups -OCH3 is 1. The van der Waals surface area contributed by atoms with Gasteiger partial charge in [0.1, 0.15) is 5.75 Å². The third-order valence-electron chi connectivity index (χ3n) is 3.23. The normalized spacial score (nSPS) is 11.1. The lowest BCUT2D eigenvalue weighted by Crippen LogP contribution is -2.16. The van der Waals surface area contributed by atoms with Crippen LogP contribution in [0, 0.1) is 6.92 Å². The van der Waals surface area contributed by atoms with Crippen molar-refractivity contribution in [3.63, 3.8) is 0 Å². The Bertz CT molecular complexity index is 832. The minimum absolute atomic E-state index is 0.0524. The molecule has 0 radical (unpaired) electrons. The first-order chi connectivity index (χ1) is 10.8. The zero-order valence-electron chi connectivity index (χ0n) is 12.9. The summed E-state index contributed by atoms with van der Waals surface area (Å²) < 4.78 is 27.9. The van der Waals surface area contributed by atoms with Crippen LogP contribution in [0.25, 0.3) is 0 Å². The van der Waals surface area contributed by atoms with Crippen LogP contribution < -0.4 is 15.2 Å². The lowest BCUT2D eigenvalue weighted by Gasteiger charge is -2.10. The molecule has 0 aromatic heterocycles. The van der Waals surface area contributed by atoms with Crippen molar-refractivity contribution >= 4 is 21.6 Å². The van der Waals surface area contributed by atoms with Crippen molar-refractivity contribution in [2.75, 3.05) is 12.4 Å². The number of sulfonamides is 1. The smallest absolute Gasteiger partial charge is 0.238 e. The van der Waals surface area contributed by atoms with Crippen molar-refractivity contribution < 1.29 is 17.9 Å². The van der Waals surface area contributed by atoms with Crippen LogP contribution in [0.15, 0.2) is 47.4 Å². The summed E-state index contributed by atoms with van der Waals surface area (Å²) in [6.45, 7) is 1.93. The molecule has 7 heteroatoms. The van der Waals surface area contributed by atoms with E-state index < -0.39 is 10.0 Å². The van der Waals surface area contributed by atoms with Gasteiger partial charge in [0, 0.05) is 11.3 Å². The summed E-state index contributed by atoms with van der Waals surface area (Å²) in [5.74, 6) is 0.351. The van der Waals surface area contributed by atoms with Gasteiger partial charge < -0.3 is 10.1 Å². The first-order valence-electron chi connectivity index (χ1n) is 6.86. The van der Waals surface area contributed by atoms with Crippen LogP contribution in [0.2, 0.25) is 0 Å². The number of aryl methyl sites for hydroxylation is 1. The summed E-state index contributed by atoms with van der Waals surface area (Å²) in [5, 5.41) is 7.74. The van der Waals surface area contributed by atoms with Gasteiger partial charge in [-0.2, -0.15) is 0 Å². The number of rotatable bonds is 5. The predicted octanol–water partition coefficient (Wildman–Crippen LogP) is 1.83. The summed E-state index contributed by atoms with van der Waals surface area (Å²) in [6, 6.07) is 11.4. The number of hydrogen-bond acceptors (Lipinski definition) is 4. The van der Waals surface area contributed by atoms with Gasteiger partial charge >= 0.3 is 0 Å². The maximum atomic E-state index is 12.2. The van der Waals surface area contributed by atoms with E-state index in [1.165, 1.54) is 18.2 Å². The van der Waals surface area contributed by atoms with Gasteiger partial charge in [0.25, 0.3) is 0 Å². The summed E-state index contributed by atoms with van der Waals surface area (Å²) >= 11 is 0. The number of carbonyl (C=O) groups is 1. The molecular formula is C16H18N2O4S. The van der Waals surface area contributed by atoms with Gasteiger partial charge in [0.2, 0.25) is 15.9 Å². The van der Waals surface area contributed by atoms with Gasteiger partial charge in [-0.25, -0.2) is 13.6 Å². The minimum atomic E-state index is -3.81. The molecule has 23 heavy (non-hydrogen) atoms. The van der Waals surface area contributed by atoms with Gasteiger partial charge in [-0.1, -0.05) is 23.8 Å². The second kappa shape index (κ2) is 6.80. The van der Waals surface area contributed by atoms with E-state index in [4.69, 9.17) is 9.88 Å². The number of anilines is 1. The molecule has 0 aliphatic carbocycles. The molecule has 122 valence electrons. The van der Waals surface area contributed by atoms with E-state index in [0.717, 1.165) is 11.1 Å². The number of hydrogen-bond donors (Lipinski definition) is 2. The molecule has 0 heterocycles. The Morgan fingerprint density at radius 2 is 1.96 bits per heavy atom. The number of primary sulfonamides is 1. The maximum absolute atomic E-state index is 12.2. The highest BCUT2D eigenvalue weighted by Crippen LogP contribution is 2.21. The van der Waals surface area contributed by atoms with Crippen LogP contribution in [0.3, 0.4) is 0 Å². The molecule has 2 aromatic rings. The fourth-order valence-corrected chi connectivity index (χ4v) is 2.73. The number of carbonyl (C=O) groups excluding carboxylic acids is 1. The molecule has 3 N–H and O–H groups in total. The maximum Gasteiger partial charge on any atom is 0.238 e. The average Bonchev–Trinajstić information content (AvgIpc) is 2.46. The average molecular weight is 334 g/mol. The number of nitrogens with two attached hydrogens (primary N) is 1. The third-order valence-corrected chi connectivity index (χ3v) is 4.14. The highest BCUT2D eigenvalue weighted by Gasteiger charge is 2.12. The van der Waals surface area contributed by atoms with Crippen LogP contribution in [-0.4, -0.2) is 21.4 Å². The summed E-state index contributed by atoms with van der Waals surface area (Å²) in [7, 11) is -2.26. The Kier molecular flexibility index (Phi) is 5.02. The molecule has 0 spiro atoms. The third kappa shape index (κ3) is 4.54.